The molecule has 0 aliphatic rings. The highest BCUT2D eigenvalue weighted by Crippen LogP contribution is 2.29. The average molecular weight is 484 g/mol. The van der Waals surface area contributed by atoms with Crippen molar-refractivity contribution < 1.29 is 19.1 Å². The molecule has 3 aromatic carbocycles. The summed E-state index contributed by atoms with van der Waals surface area (Å²) in [4.78, 5) is 25.1. The number of nitrogens with one attached hydrogen (secondary N) is 2. The van der Waals surface area contributed by atoms with Crippen LogP contribution in [0, 0.1) is 39.0 Å². The number of ether oxygens (including phenoxy) is 2. The van der Waals surface area contributed by atoms with Gasteiger partial charge in [-0.15, -0.1) is 0 Å². The Morgan fingerprint density at radius 2 is 1.69 bits per heavy atom. The molecule has 0 aliphatic carbocycles. The zero-order valence-electron chi connectivity index (χ0n) is 21.1. The molecule has 36 heavy (non-hydrogen) atoms. The second-order valence-corrected chi connectivity index (χ2v) is 8.44. The molecule has 0 unspecified atom stereocenters. The van der Waals surface area contributed by atoms with Crippen LogP contribution in [0.25, 0.3) is 6.08 Å². The molecule has 0 aromatic heterocycles. The summed E-state index contributed by atoms with van der Waals surface area (Å²) in [6, 6.07) is 18.3. The van der Waals surface area contributed by atoms with Crippen LogP contribution < -0.4 is 20.1 Å². The number of rotatable bonds is 8. The number of hydrogen-bond acceptors (Lipinski definition) is 5. The van der Waals surface area contributed by atoms with Crippen LogP contribution in [0.4, 0.5) is 11.4 Å². The predicted molar refractivity (Wildman–Crippen MR) is 141 cm³/mol. The fourth-order valence-electron chi connectivity index (χ4n) is 3.57. The van der Waals surface area contributed by atoms with Gasteiger partial charge >= 0.3 is 0 Å². The lowest BCUT2D eigenvalue weighted by Gasteiger charge is -2.13. The number of nitrogens with zero attached hydrogens (tertiary/aromatic N) is 1. The summed E-state index contributed by atoms with van der Waals surface area (Å²) < 4.78 is 11.1. The fraction of sp³-hybridized carbons (Fsp3) is 0.207. The van der Waals surface area contributed by atoms with Gasteiger partial charge < -0.3 is 20.1 Å². The van der Waals surface area contributed by atoms with Crippen molar-refractivity contribution in [2.45, 2.75) is 27.7 Å². The minimum Gasteiger partial charge on any atom is -0.493 e. The lowest BCUT2D eigenvalue weighted by molar-refractivity contribution is -0.118. The molecule has 2 amide bonds. The largest absolute Gasteiger partial charge is 0.493 e. The van der Waals surface area contributed by atoms with Gasteiger partial charge in [0.1, 0.15) is 11.6 Å². The standard InChI is InChI=1S/C29H29N3O4/c1-18-9-11-24(20(3)13-18)32-29(34)23(16-30)14-22-10-12-26(27(15-22)35-5)36-17-28(33)31-25-8-6-7-19(2)21(25)4/h6-15H,17H2,1-5H3,(H,31,33)(H,32,34)/b23-14+. The van der Waals surface area contributed by atoms with Crippen LogP contribution >= 0.6 is 0 Å². The van der Waals surface area contributed by atoms with E-state index in [4.69, 9.17) is 9.47 Å². The number of hydrogen-bond donors (Lipinski definition) is 2. The molecule has 0 saturated carbocycles. The summed E-state index contributed by atoms with van der Waals surface area (Å²) in [5.41, 5.74) is 5.97. The second-order valence-electron chi connectivity index (χ2n) is 8.44. The Balaban J connectivity index is 1.70. The van der Waals surface area contributed by atoms with Crippen molar-refractivity contribution in [3.05, 3.63) is 88.0 Å². The normalized spacial score (nSPS) is 10.8. The fourth-order valence-corrected chi connectivity index (χ4v) is 3.57. The molecular weight excluding hydrogens is 454 g/mol. The molecular formula is C29H29N3O4. The topological polar surface area (TPSA) is 100 Å². The van der Waals surface area contributed by atoms with Crippen LogP contribution in [0.5, 0.6) is 11.5 Å². The number of nitriles is 1. The molecule has 0 spiro atoms. The van der Waals surface area contributed by atoms with Crippen molar-refractivity contribution >= 4 is 29.3 Å². The number of aryl methyl sites for hydroxylation is 3. The molecule has 3 aromatic rings. The third-order valence-electron chi connectivity index (χ3n) is 5.73. The number of carbonyl (C=O) groups is 2. The van der Waals surface area contributed by atoms with Gasteiger partial charge in [0.2, 0.25) is 0 Å². The molecule has 0 saturated heterocycles. The summed E-state index contributed by atoms with van der Waals surface area (Å²) in [5, 5.41) is 15.2. The molecule has 184 valence electrons. The van der Waals surface area contributed by atoms with Crippen LogP contribution in [-0.2, 0) is 9.59 Å². The highest BCUT2D eigenvalue weighted by molar-refractivity contribution is 6.10. The quantitative estimate of drug-likeness (QED) is 0.326. The van der Waals surface area contributed by atoms with Gasteiger partial charge in [-0.1, -0.05) is 35.9 Å². The molecule has 7 heteroatoms. The van der Waals surface area contributed by atoms with Crippen molar-refractivity contribution in [3.63, 3.8) is 0 Å². The van der Waals surface area contributed by atoms with Crippen molar-refractivity contribution in [2.75, 3.05) is 24.4 Å². The molecule has 7 nitrogen and oxygen atoms in total. The minimum absolute atomic E-state index is 0.0569. The summed E-state index contributed by atoms with van der Waals surface area (Å²) in [6.07, 6.45) is 1.47. The molecule has 3 rings (SSSR count). The first-order valence-electron chi connectivity index (χ1n) is 11.4. The molecule has 0 aliphatic heterocycles. The minimum atomic E-state index is -0.508. The zero-order chi connectivity index (χ0) is 26.2. The summed E-state index contributed by atoms with van der Waals surface area (Å²) in [5.74, 6) is -0.0733. The number of amides is 2. The lowest BCUT2D eigenvalue weighted by Crippen LogP contribution is -2.21. The predicted octanol–water partition coefficient (Wildman–Crippen LogP) is 5.49. The van der Waals surface area contributed by atoms with Gasteiger partial charge in [0.25, 0.3) is 11.8 Å². The van der Waals surface area contributed by atoms with Gasteiger partial charge in [-0.3, -0.25) is 9.59 Å². The number of benzene rings is 3. The van der Waals surface area contributed by atoms with E-state index < -0.39 is 5.91 Å². The van der Waals surface area contributed by atoms with E-state index in [-0.39, 0.29) is 18.1 Å². The van der Waals surface area contributed by atoms with Crippen molar-refractivity contribution in [1.29, 1.82) is 5.26 Å². The number of carbonyl (C=O) groups excluding carboxylic acids is 2. The third-order valence-corrected chi connectivity index (χ3v) is 5.73. The first-order chi connectivity index (χ1) is 17.2. The first-order valence-corrected chi connectivity index (χ1v) is 11.4. The molecule has 0 fully saturated rings. The van der Waals surface area contributed by atoms with Gasteiger partial charge in [0.05, 0.1) is 7.11 Å². The zero-order valence-corrected chi connectivity index (χ0v) is 21.1. The Hall–Kier alpha value is -4.57. The number of methoxy groups -OCH3 is 1. The van der Waals surface area contributed by atoms with E-state index in [0.717, 1.165) is 27.9 Å². The highest BCUT2D eigenvalue weighted by Gasteiger charge is 2.13. The first kappa shape index (κ1) is 26.0. The van der Waals surface area contributed by atoms with E-state index in [2.05, 4.69) is 10.6 Å². The molecule has 2 N–H and O–H groups in total. The number of anilines is 2. The summed E-state index contributed by atoms with van der Waals surface area (Å²) in [7, 11) is 1.48. The maximum absolute atomic E-state index is 12.7. The Morgan fingerprint density at radius 1 is 0.917 bits per heavy atom. The van der Waals surface area contributed by atoms with E-state index >= 15 is 0 Å². The van der Waals surface area contributed by atoms with Crippen LogP contribution in [0.3, 0.4) is 0 Å². The van der Waals surface area contributed by atoms with E-state index in [1.807, 2.05) is 70.2 Å². The Bertz CT molecular complexity index is 1370. The smallest absolute Gasteiger partial charge is 0.266 e. The SMILES string of the molecule is COc1cc(/C=C(\C#N)C(=O)Nc2ccc(C)cc2C)ccc1OCC(=O)Nc1cccc(C)c1C. The summed E-state index contributed by atoms with van der Waals surface area (Å²) >= 11 is 0. The van der Waals surface area contributed by atoms with E-state index in [9.17, 15) is 14.9 Å². The molecule has 0 bridgehead atoms. The molecule has 0 atom stereocenters. The van der Waals surface area contributed by atoms with Crippen LogP contribution in [0.15, 0.2) is 60.2 Å². The van der Waals surface area contributed by atoms with Gasteiger partial charge in [0, 0.05) is 11.4 Å². The molecule has 0 heterocycles. The highest BCUT2D eigenvalue weighted by atomic mass is 16.5. The monoisotopic (exact) mass is 483 g/mol. The van der Waals surface area contributed by atoms with Gasteiger partial charge in [-0.2, -0.15) is 5.26 Å². The Kier molecular flexibility index (Phi) is 8.48. The maximum atomic E-state index is 12.7. The second kappa shape index (κ2) is 11.7. The average Bonchev–Trinajstić information content (AvgIpc) is 2.85. The van der Waals surface area contributed by atoms with Crippen molar-refractivity contribution in [3.8, 4) is 17.6 Å². The summed E-state index contributed by atoms with van der Waals surface area (Å²) in [6.45, 7) is 7.58. The van der Waals surface area contributed by atoms with Crippen LogP contribution in [0.2, 0.25) is 0 Å². The van der Waals surface area contributed by atoms with Gasteiger partial charge in [-0.25, -0.2) is 0 Å². The van der Waals surface area contributed by atoms with E-state index in [1.54, 1.807) is 18.2 Å². The van der Waals surface area contributed by atoms with Gasteiger partial charge in [0.15, 0.2) is 18.1 Å². The molecule has 0 radical (unpaired) electrons. The maximum Gasteiger partial charge on any atom is 0.266 e. The van der Waals surface area contributed by atoms with Gasteiger partial charge in [-0.05, 0) is 80.3 Å². The van der Waals surface area contributed by atoms with E-state index in [0.29, 0.717) is 22.7 Å². The van der Waals surface area contributed by atoms with Crippen LogP contribution in [-0.4, -0.2) is 25.5 Å². The van der Waals surface area contributed by atoms with E-state index in [1.165, 1.54) is 13.2 Å². The lowest BCUT2D eigenvalue weighted by atomic mass is 10.1. The Labute approximate surface area is 211 Å². The van der Waals surface area contributed by atoms with Crippen molar-refractivity contribution in [2.24, 2.45) is 0 Å². The van der Waals surface area contributed by atoms with Crippen LogP contribution in [0.1, 0.15) is 27.8 Å². The van der Waals surface area contributed by atoms with Crippen molar-refractivity contribution in [1.82, 2.24) is 0 Å². The third kappa shape index (κ3) is 6.51. The Morgan fingerprint density at radius 3 is 2.39 bits per heavy atom.